The predicted octanol–water partition coefficient (Wildman–Crippen LogP) is -1.04. The van der Waals surface area contributed by atoms with Crippen LogP contribution in [0.3, 0.4) is 0 Å². The average molecular weight is 272 g/mol. The zero-order chi connectivity index (χ0) is 9.19. The van der Waals surface area contributed by atoms with Crippen LogP contribution in [0, 0.1) is 0 Å². The standard InChI is InChI=1S/C6H5AsO4S.Na.H/c8-7-5-1-3-6(4-2-5)12(9,10)11;;/h1-4H,(H,9,10,11);;. The molecule has 0 amide bonds. The Balaban J connectivity index is 0.00000144. The van der Waals surface area contributed by atoms with Crippen LogP contribution in [0.4, 0.5) is 0 Å². The van der Waals surface area contributed by atoms with Crippen LogP contribution >= 0.6 is 0 Å². The van der Waals surface area contributed by atoms with Crippen LogP contribution in [0.25, 0.3) is 0 Å². The van der Waals surface area contributed by atoms with E-state index in [1.54, 1.807) is 0 Å². The SMILES string of the molecule is O=[As]c1ccc(S(=O)(=O)O)cc1.[NaH]. The van der Waals surface area contributed by atoms with Crippen molar-refractivity contribution >= 4 is 59.7 Å². The molecule has 0 aromatic heterocycles. The fraction of sp³-hybridized carbons (Fsp3) is 0. The Morgan fingerprint density at radius 3 is 1.92 bits per heavy atom. The number of rotatable bonds is 2. The molecule has 0 unspecified atom stereocenters. The van der Waals surface area contributed by atoms with Crippen molar-refractivity contribution in [1.82, 2.24) is 0 Å². The summed E-state index contributed by atoms with van der Waals surface area (Å²) in [6.45, 7) is 0. The first-order valence-corrected chi connectivity index (χ1v) is 6.09. The van der Waals surface area contributed by atoms with E-state index in [-0.39, 0.29) is 34.5 Å². The van der Waals surface area contributed by atoms with E-state index in [4.69, 9.17) is 4.55 Å². The van der Waals surface area contributed by atoms with E-state index in [1.165, 1.54) is 24.3 Å². The van der Waals surface area contributed by atoms with Crippen molar-refractivity contribution in [1.29, 1.82) is 0 Å². The summed E-state index contributed by atoms with van der Waals surface area (Å²) in [6, 6.07) is 5.27. The molecule has 0 saturated heterocycles. The van der Waals surface area contributed by atoms with Gasteiger partial charge in [0.2, 0.25) is 0 Å². The molecule has 0 saturated carbocycles. The molecule has 66 valence electrons. The first-order chi connectivity index (χ1) is 5.54. The third kappa shape index (κ3) is 4.02. The van der Waals surface area contributed by atoms with Crippen LogP contribution in [0.5, 0.6) is 0 Å². The van der Waals surface area contributed by atoms with Gasteiger partial charge in [0.05, 0.1) is 0 Å². The summed E-state index contributed by atoms with van der Waals surface area (Å²) < 4.78 is 40.5. The van der Waals surface area contributed by atoms with Gasteiger partial charge in [-0.2, -0.15) is 0 Å². The Labute approximate surface area is 105 Å². The molecule has 0 aliphatic carbocycles. The normalized spacial score (nSPS) is 10.8. The van der Waals surface area contributed by atoms with Gasteiger partial charge in [0.1, 0.15) is 0 Å². The van der Waals surface area contributed by atoms with Crippen LogP contribution in [-0.4, -0.2) is 58.2 Å². The van der Waals surface area contributed by atoms with E-state index in [0.717, 1.165) is 0 Å². The fourth-order valence-electron chi connectivity index (χ4n) is 0.679. The topological polar surface area (TPSA) is 71.4 Å². The van der Waals surface area contributed by atoms with E-state index in [9.17, 15) is 12.2 Å². The molecule has 1 aromatic rings. The first-order valence-electron chi connectivity index (χ1n) is 2.95. The Kier molecular flexibility index (Phi) is 5.59. The van der Waals surface area contributed by atoms with Gasteiger partial charge in [-0.05, 0) is 0 Å². The Hall–Kier alpha value is 0.488. The molecule has 0 aliphatic rings. The van der Waals surface area contributed by atoms with Crippen molar-refractivity contribution in [2.75, 3.05) is 0 Å². The van der Waals surface area contributed by atoms with Gasteiger partial charge in [0, 0.05) is 0 Å². The summed E-state index contributed by atoms with van der Waals surface area (Å²) in [5.41, 5.74) is 0. The molecule has 0 aliphatic heterocycles. The van der Waals surface area contributed by atoms with Crippen LogP contribution in [-0.2, 0) is 13.9 Å². The van der Waals surface area contributed by atoms with Crippen molar-refractivity contribution in [3.8, 4) is 0 Å². The molecule has 1 rings (SSSR count). The molecule has 1 N–H and O–H groups in total. The maximum atomic E-state index is 10.5. The Morgan fingerprint density at radius 2 is 1.62 bits per heavy atom. The molecular formula is C6H6AsNaO4S. The Bertz CT molecular complexity index is 386. The van der Waals surface area contributed by atoms with Gasteiger partial charge in [-0.25, -0.2) is 0 Å². The monoisotopic (exact) mass is 272 g/mol. The van der Waals surface area contributed by atoms with Crippen LogP contribution in [0.2, 0.25) is 0 Å². The van der Waals surface area contributed by atoms with Crippen LogP contribution in [0.1, 0.15) is 0 Å². The quantitative estimate of drug-likeness (QED) is 0.551. The predicted molar refractivity (Wildman–Crippen MR) is 49.5 cm³/mol. The van der Waals surface area contributed by atoms with Crippen LogP contribution < -0.4 is 4.35 Å². The van der Waals surface area contributed by atoms with Gasteiger partial charge in [0.15, 0.2) is 0 Å². The van der Waals surface area contributed by atoms with Crippen molar-refractivity contribution in [3.05, 3.63) is 24.3 Å². The average Bonchev–Trinajstić information content (AvgIpc) is 2.03. The van der Waals surface area contributed by atoms with Gasteiger partial charge in [-0.15, -0.1) is 0 Å². The van der Waals surface area contributed by atoms with Gasteiger partial charge in [-0.1, -0.05) is 0 Å². The maximum absolute atomic E-state index is 10.5. The van der Waals surface area contributed by atoms with E-state index in [2.05, 4.69) is 0 Å². The molecule has 0 spiro atoms. The number of benzene rings is 1. The summed E-state index contributed by atoms with van der Waals surface area (Å²) in [6.07, 6.45) is 0. The molecule has 0 heterocycles. The molecule has 0 fully saturated rings. The molecule has 0 radical (unpaired) electrons. The van der Waals surface area contributed by atoms with Gasteiger partial charge < -0.3 is 0 Å². The third-order valence-corrected chi connectivity index (χ3v) is 3.18. The number of hydrogen-bond acceptors (Lipinski definition) is 3. The first kappa shape index (κ1) is 13.5. The summed E-state index contributed by atoms with van der Waals surface area (Å²) in [4.78, 5) is -0.180. The van der Waals surface area contributed by atoms with E-state index in [1.807, 2.05) is 0 Å². The number of hydrogen-bond donors (Lipinski definition) is 1. The van der Waals surface area contributed by atoms with Crippen molar-refractivity contribution < 1.29 is 16.7 Å². The molecular weight excluding hydrogens is 266 g/mol. The second kappa shape index (κ2) is 5.39. The zero-order valence-electron chi connectivity index (χ0n) is 5.84. The molecule has 1 aromatic carbocycles. The third-order valence-electron chi connectivity index (χ3n) is 1.24. The molecule has 13 heavy (non-hydrogen) atoms. The van der Waals surface area contributed by atoms with E-state index < -0.39 is 25.8 Å². The summed E-state index contributed by atoms with van der Waals surface area (Å²) in [7, 11) is -4.12. The van der Waals surface area contributed by atoms with Gasteiger partial charge >= 0.3 is 106 Å². The molecule has 7 heteroatoms. The minimum atomic E-state index is -4.12. The van der Waals surface area contributed by atoms with Crippen molar-refractivity contribution in [2.45, 2.75) is 4.90 Å². The molecule has 4 nitrogen and oxygen atoms in total. The second-order valence-corrected chi connectivity index (χ2v) is 4.95. The zero-order valence-corrected chi connectivity index (χ0v) is 8.53. The van der Waals surface area contributed by atoms with Crippen molar-refractivity contribution in [3.63, 3.8) is 0 Å². The molecule has 0 bridgehead atoms. The molecule has 0 atom stereocenters. The fourth-order valence-corrected chi connectivity index (χ4v) is 1.73. The second-order valence-electron chi connectivity index (χ2n) is 2.06. The summed E-state index contributed by atoms with van der Waals surface area (Å²) >= 11 is -1.14. The van der Waals surface area contributed by atoms with E-state index in [0.29, 0.717) is 4.35 Å². The Morgan fingerprint density at radius 1 is 1.15 bits per heavy atom. The van der Waals surface area contributed by atoms with Gasteiger partial charge in [-0.3, -0.25) is 0 Å². The van der Waals surface area contributed by atoms with Crippen LogP contribution in [0.15, 0.2) is 29.2 Å². The van der Waals surface area contributed by atoms with E-state index >= 15 is 0 Å². The minimum absolute atomic E-state index is 0. The summed E-state index contributed by atoms with van der Waals surface area (Å²) in [5.74, 6) is 0. The van der Waals surface area contributed by atoms with Crippen molar-refractivity contribution in [2.24, 2.45) is 0 Å². The summed E-state index contributed by atoms with van der Waals surface area (Å²) in [5, 5.41) is 0. The van der Waals surface area contributed by atoms with Gasteiger partial charge in [0.25, 0.3) is 0 Å².